The number of aromatic nitrogens is 2. The zero-order chi connectivity index (χ0) is 15.4. The van der Waals surface area contributed by atoms with Gasteiger partial charge in [-0.25, -0.2) is 5.43 Å². The molecule has 0 unspecified atom stereocenters. The van der Waals surface area contributed by atoms with Crippen LogP contribution in [0.1, 0.15) is 22.8 Å². The molecule has 0 radical (unpaired) electrons. The van der Waals surface area contributed by atoms with Crippen molar-refractivity contribution in [2.75, 3.05) is 0 Å². The molecule has 0 fully saturated rings. The Labute approximate surface area is 128 Å². The molecule has 5 nitrogen and oxygen atoms in total. The molecule has 2 N–H and O–H groups in total. The minimum absolute atomic E-state index is 0.235. The number of carbonyl (C=O) groups excluding carboxylic acids is 1. The fourth-order valence-electron chi connectivity index (χ4n) is 2.31. The summed E-state index contributed by atoms with van der Waals surface area (Å²) in [5.74, 6) is -0.235. The SMILES string of the molecule is CC(Cc1c[nH]c2ccccc12)=NNC(=O)c1ccncc1. The lowest BCUT2D eigenvalue weighted by molar-refractivity contribution is 0.0954. The molecule has 22 heavy (non-hydrogen) atoms. The fourth-order valence-corrected chi connectivity index (χ4v) is 2.31. The van der Waals surface area contributed by atoms with E-state index in [-0.39, 0.29) is 5.91 Å². The molecule has 3 aromatic rings. The lowest BCUT2D eigenvalue weighted by atomic mass is 10.1. The predicted molar refractivity (Wildman–Crippen MR) is 86.8 cm³/mol. The molecule has 2 heterocycles. The third-order valence-corrected chi connectivity index (χ3v) is 3.41. The first-order valence-corrected chi connectivity index (χ1v) is 7.02. The van der Waals surface area contributed by atoms with Crippen LogP contribution < -0.4 is 5.43 Å². The first-order valence-electron chi connectivity index (χ1n) is 7.02. The third-order valence-electron chi connectivity index (χ3n) is 3.41. The van der Waals surface area contributed by atoms with Crippen molar-refractivity contribution in [1.82, 2.24) is 15.4 Å². The van der Waals surface area contributed by atoms with E-state index < -0.39 is 0 Å². The average molecular weight is 292 g/mol. The maximum Gasteiger partial charge on any atom is 0.271 e. The van der Waals surface area contributed by atoms with Gasteiger partial charge in [-0.05, 0) is 30.7 Å². The number of benzene rings is 1. The number of nitrogens with one attached hydrogen (secondary N) is 2. The summed E-state index contributed by atoms with van der Waals surface area (Å²) in [4.78, 5) is 19.0. The number of aromatic amines is 1. The van der Waals surface area contributed by atoms with Gasteiger partial charge < -0.3 is 4.98 Å². The highest BCUT2D eigenvalue weighted by Gasteiger charge is 2.06. The van der Waals surface area contributed by atoms with E-state index in [4.69, 9.17) is 0 Å². The second-order valence-electron chi connectivity index (χ2n) is 5.06. The normalized spacial score (nSPS) is 11.6. The molecule has 2 aromatic heterocycles. The highest BCUT2D eigenvalue weighted by Crippen LogP contribution is 2.18. The summed E-state index contributed by atoms with van der Waals surface area (Å²) in [5.41, 5.74) is 6.22. The van der Waals surface area contributed by atoms with E-state index in [0.717, 1.165) is 16.8 Å². The van der Waals surface area contributed by atoms with E-state index in [0.29, 0.717) is 12.0 Å². The van der Waals surface area contributed by atoms with Crippen molar-refractivity contribution < 1.29 is 4.79 Å². The molecule has 5 heteroatoms. The number of carbonyl (C=O) groups is 1. The van der Waals surface area contributed by atoms with Gasteiger partial charge in [0, 0.05) is 47.2 Å². The number of H-pyrrole nitrogens is 1. The summed E-state index contributed by atoms with van der Waals surface area (Å²) in [6.07, 6.45) is 5.82. The van der Waals surface area contributed by atoms with Gasteiger partial charge in [0.1, 0.15) is 0 Å². The van der Waals surface area contributed by atoms with Crippen LogP contribution in [0, 0.1) is 0 Å². The molecular weight excluding hydrogens is 276 g/mol. The second kappa shape index (κ2) is 6.22. The lowest BCUT2D eigenvalue weighted by Crippen LogP contribution is -2.19. The van der Waals surface area contributed by atoms with Gasteiger partial charge >= 0.3 is 0 Å². The smallest absolute Gasteiger partial charge is 0.271 e. The Kier molecular flexibility index (Phi) is 3.96. The van der Waals surface area contributed by atoms with Crippen LogP contribution in [0.3, 0.4) is 0 Å². The molecular formula is C17H16N4O. The molecule has 0 saturated heterocycles. The van der Waals surface area contributed by atoms with Crippen LogP contribution in [0.15, 0.2) is 60.1 Å². The Balaban J connectivity index is 1.69. The monoisotopic (exact) mass is 292 g/mol. The van der Waals surface area contributed by atoms with Crippen LogP contribution in [0.2, 0.25) is 0 Å². The average Bonchev–Trinajstić information content (AvgIpc) is 2.97. The fraction of sp³-hybridized carbons (Fsp3) is 0.118. The largest absolute Gasteiger partial charge is 0.361 e. The third kappa shape index (κ3) is 3.03. The topological polar surface area (TPSA) is 70.1 Å². The summed E-state index contributed by atoms with van der Waals surface area (Å²) >= 11 is 0. The molecule has 0 aliphatic rings. The van der Waals surface area contributed by atoms with Crippen molar-refractivity contribution in [1.29, 1.82) is 0 Å². The Hall–Kier alpha value is -2.95. The van der Waals surface area contributed by atoms with Gasteiger partial charge in [0.2, 0.25) is 0 Å². The van der Waals surface area contributed by atoms with Crippen molar-refractivity contribution in [2.24, 2.45) is 5.10 Å². The van der Waals surface area contributed by atoms with Crippen LogP contribution in [0.25, 0.3) is 10.9 Å². The zero-order valence-electron chi connectivity index (χ0n) is 12.2. The van der Waals surface area contributed by atoms with Crippen LogP contribution in [-0.4, -0.2) is 21.6 Å². The summed E-state index contributed by atoms with van der Waals surface area (Å²) in [7, 11) is 0. The van der Waals surface area contributed by atoms with Gasteiger partial charge in [0.05, 0.1) is 0 Å². The standard InChI is InChI=1S/C17H16N4O/c1-12(20-21-17(22)13-6-8-18-9-7-13)10-14-11-19-16-5-3-2-4-15(14)16/h2-9,11,19H,10H2,1H3,(H,21,22). The van der Waals surface area contributed by atoms with E-state index in [9.17, 15) is 4.79 Å². The van der Waals surface area contributed by atoms with Gasteiger partial charge in [-0.2, -0.15) is 5.10 Å². The molecule has 1 aromatic carbocycles. The Morgan fingerprint density at radius 2 is 2.00 bits per heavy atom. The van der Waals surface area contributed by atoms with Crippen LogP contribution in [0.5, 0.6) is 0 Å². The van der Waals surface area contributed by atoms with Gasteiger partial charge in [-0.15, -0.1) is 0 Å². The maximum absolute atomic E-state index is 11.9. The van der Waals surface area contributed by atoms with Crippen molar-refractivity contribution in [3.63, 3.8) is 0 Å². The van der Waals surface area contributed by atoms with E-state index in [1.165, 1.54) is 5.39 Å². The number of fused-ring (bicyclic) bond motifs is 1. The Bertz CT molecular complexity index is 821. The highest BCUT2D eigenvalue weighted by atomic mass is 16.2. The van der Waals surface area contributed by atoms with Crippen LogP contribution in [0.4, 0.5) is 0 Å². The number of hydrogen-bond acceptors (Lipinski definition) is 3. The number of nitrogens with zero attached hydrogens (tertiary/aromatic N) is 2. The number of hydrogen-bond donors (Lipinski definition) is 2. The quantitative estimate of drug-likeness (QED) is 0.573. The Morgan fingerprint density at radius 3 is 2.82 bits per heavy atom. The number of pyridine rings is 1. The van der Waals surface area contributed by atoms with Gasteiger partial charge in [0.15, 0.2) is 0 Å². The van der Waals surface area contributed by atoms with E-state index in [1.807, 2.05) is 31.3 Å². The van der Waals surface area contributed by atoms with Crippen molar-refractivity contribution in [3.05, 3.63) is 66.1 Å². The molecule has 110 valence electrons. The first kappa shape index (κ1) is 14.0. The van der Waals surface area contributed by atoms with Crippen molar-refractivity contribution >= 4 is 22.5 Å². The summed E-state index contributed by atoms with van der Waals surface area (Å²) < 4.78 is 0. The zero-order valence-corrected chi connectivity index (χ0v) is 12.2. The lowest BCUT2D eigenvalue weighted by Gasteiger charge is -2.02. The van der Waals surface area contributed by atoms with Crippen molar-refractivity contribution in [3.8, 4) is 0 Å². The highest BCUT2D eigenvalue weighted by molar-refractivity contribution is 5.96. The minimum Gasteiger partial charge on any atom is -0.361 e. The summed E-state index contributed by atoms with van der Waals surface area (Å²) in [5, 5.41) is 5.34. The maximum atomic E-state index is 11.9. The van der Waals surface area contributed by atoms with E-state index in [1.54, 1.807) is 24.5 Å². The van der Waals surface area contributed by atoms with Gasteiger partial charge in [-0.3, -0.25) is 9.78 Å². The molecule has 0 saturated carbocycles. The first-order chi connectivity index (χ1) is 10.7. The molecule has 1 amide bonds. The number of hydrazone groups is 1. The number of para-hydroxylation sites is 1. The predicted octanol–water partition coefficient (Wildman–Crippen LogP) is 2.91. The van der Waals surface area contributed by atoms with Crippen LogP contribution >= 0.6 is 0 Å². The summed E-state index contributed by atoms with van der Waals surface area (Å²) in [6.45, 7) is 1.90. The van der Waals surface area contributed by atoms with Gasteiger partial charge in [0.25, 0.3) is 5.91 Å². The van der Waals surface area contributed by atoms with Crippen LogP contribution in [-0.2, 0) is 6.42 Å². The molecule has 0 aliphatic carbocycles. The molecule has 0 atom stereocenters. The van der Waals surface area contributed by atoms with Crippen molar-refractivity contribution in [2.45, 2.75) is 13.3 Å². The Morgan fingerprint density at radius 1 is 1.23 bits per heavy atom. The molecule has 0 bridgehead atoms. The van der Waals surface area contributed by atoms with Gasteiger partial charge in [-0.1, -0.05) is 18.2 Å². The second-order valence-corrected chi connectivity index (χ2v) is 5.06. The molecule has 0 aliphatic heterocycles. The molecule has 0 spiro atoms. The van der Waals surface area contributed by atoms with E-state index >= 15 is 0 Å². The summed E-state index contributed by atoms with van der Waals surface area (Å²) in [6, 6.07) is 11.4. The number of amides is 1. The number of rotatable bonds is 4. The molecule has 3 rings (SSSR count). The van der Waals surface area contributed by atoms with E-state index in [2.05, 4.69) is 26.6 Å². The minimum atomic E-state index is -0.235.